The van der Waals surface area contributed by atoms with E-state index in [1.54, 1.807) is 10.9 Å². The first kappa shape index (κ1) is 10.9. The largest absolute Gasteiger partial charge is 0.312 e. The smallest absolute Gasteiger partial charge is 0.264 e. The monoisotopic (exact) mass is 250 g/mol. The molecule has 5 nitrogen and oxygen atoms in total. The van der Waals surface area contributed by atoms with Gasteiger partial charge in [-0.3, -0.25) is 9.36 Å². The maximum absolute atomic E-state index is 12.3. The van der Waals surface area contributed by atoms with Gasteiger partial charge in [0.15, 0.2) is 4.83 Å². The Labute approximate surface area is 103 Å². The van der Waals surface area contributed by atoms with E-state index in [9.17, 15) is 4.79 Å². The molecule has 1 aliphatic heterocycles. The summed E-state index contributed by atoms with van der Waals surface area (Å²) in [6, 6.07) is 0.402. The Bertz CT molecular complexity index is 597. The molecule has 0 aliphatic carbocycles. The zero-order valence-electron chi connectivity index (χ0n) is 9.64. The first-order valence-corrected chi connectivity index (χ1v) is 6.58. The molecule has 0 saturated carbocycles. The van der Waals surface area contributed by atoms with E-state index >= 15 is 0 Å². The van der Waals surface area contributed by atoms with Crippen LogP contribution < -0.4 is 10.9 Å². The molecule has 1 fully saturated rings. The minimum absolute atomic E-state index is 0.0370. The van der Waals surface area contributed by atoms with Crippen molar-refractivity contribution in [2.75, 3.05) is 6.54 Å². The molecule has 0 spiro atoms. The number of nitrogens with zero attached hydrogens (tertiary/aromatic N) is 3. The second-order valence-corrected chi connectivity index (χ2v) is 5.20. The quantitative estimate of drug-likeness (QED) is 0.861. The van der Waals surface area contributed by atoms with Gasteiger partial charge in [-0.15, -0.1) is 0 Å². The third-order valence-electron chi connectivity index (χ3n) is 3.21. The summed E-state index contributed by atoms with van der Waals surface area (Å²) >= 11 is 1.29. The predicted molar refractivity (Wildman–Crippen MR) is 67.4 cm³/mol. The third-order valence-corrected chi connectivity index (χ3v) is 4.06. The molecular formula is C11H14N4OS. The number of aromatic nitrogens is 3. The molecule has 1 atom stereocenters. The molecule has 3 heterocycles. The minimum Gasteiger partial charge on any atom is -0.312 e. The summed E-state index contributed by atoms with van der Waals surface area (Å²) in [6.07, 6.45) is 3.96. The first-order chi connectivity index (χ1) is 8.25. The van der Waals surface area contributed by atoms with Crippen LogP contribution in [0.15, 0.2) is 11.1 Å². The number of fused-ring (bicyclic) bond motifs is 1. The number of rotatable bonds is 2. The van der Waals surface area contributed by atoms with Gasteiger partial charge >= 0.3 is 0 Å². The van der Waals surface area contributed by atoms with Crippen LogP contribution >= 0.6 is 11.5 Å². The van der Waals surface area contributed by atoms with Gasteiger partial charge < -0.3 is 5.32 Å². The van der Waals surface area contributed by atoms with Crippen LogP contribution in [0.2, 0.25) is 0 Å². The number of nitrogens with one attached hydrogen (secondary N) is 1. The average Bonchev–Trinajstić information content (AvgIpc) is 2.93. The van der Waals surface area contributed by atoms with Crippen molar-refractivity contribution in [3.8, 4) is 0 Å². The molecule has 1 aliphatic rings. The van der Waals surface area contributed by atoms with Gasteiger partial charge in [-0.2, -0.15) is 4.37 Å². The lowest BCUT2D eigenvalue weighted by molar-refractivity contribution is 0.497. The summed E-state index contributed by atoms with van der Waals surface area (Å²) in [5.41, 5.74) is 0.825. The van der Waals surface area contributed by atoms with Crippen LogP contribution in [0.3, 0.4) is 0 Å². The first-order valence-electron chi connectivity index (χ1n) is 5.80. The molecule has 17 heavy (non-hydrogen) atoms. The molecule has 1 unspecified atom stereocenters. The van der Waals surface area contributed by atoms with Gasteiger partial charge in [0.25, 0.3) is 5.56 Å². The van der Waals surface area contributed by atoms with Gasteiger partial charge in [0.05, 0.1) is 17.4 Å². The number of hydrogen-bond acceptors (Lipinski definition) is 5. The van der Waals surface area contributed by atoms with Crippen LogP contribution in [-0.4, -0.2) is 26.5 Å². The van der Waals surface area contributed by atoms with E-state index in [1.165, 1.54) is 18.0 Å². The van der Waals surface area contributed by atoms with E-state index in [2.05, 4.69) is 14.7 Å². The fourth-order valence-electron chi connectivity index (χ4n) is 2.29. The van der Waals surface area contributed by atoms with E-state index in [4.69, 9.17) is 0 Å². The van der Waals surface area contributed by atoms with Gasteiger partial charge in [0.2, 0.25) is 0 Å². The molecule has 0 aromatic carbocycles. The fourth-order valence-corrected chi connectivity index (χ4v) is 3.03. The van der Waals surface area contributed by atoms with Crippen LogP contribution in [0.4, 0.5) is 0 Å². The Hall–Kier alpha value is -1.27. The molecule has 1 saturated heterocycles. The SMILES string of the molecule is Cc1nsc2ncn(CC3CCCN3)c(=O)c12. The van der Waals surface area contributed by atoms with Gasteiger partial charge in [-0.05, 0) is 37.8 Å². The molecule has 0 radical (unpaired) electrons. The van der Waals surface area contributed by atoms with Gasteiger partial charge in [-0.1, -0.05) is 0 Å². The van der Waals surface area contributed by atoms with Crippen molar-refractivity contribution in [3.05, 3.63) is 22.4 Å². The van der Waals surface area contributed by atoms with E-state index in [1.807, 2.05) is 6.92 Å². The van der Waals surface area contributed by atoms with Crippen molar-refractivity contribution < 1.29 is 0 Å². The Morgan fingerprint density at radius 3 is 3.29 bits per heavy atom. The van der Waals surface area contributed by atoms with Crippen molar-refractivity contribution >= 4 is 21.7 Å². The normalized spacial score (nSPS) is 20.2. The molecule has 1 N–H and O–H groups in total. The van der Waals surface area contributed by atoms with Crippen molar-refractivity contribution in [1.29, 1.82) is 0 Å². The highest BCUT2D eigenvalue weighted by atomic mass is 32.1. The maximum atomic E-state index is 12.3. The summed E-state index contributed by atoms with van der Waals surface area (Å²) in [6.45, 7) is 3.62. The summed E-state index contributed by atoms with van der Waals surface area (Å²) in [4.78, 5) is 17.3. The minimum atomic E-state index is 0.0370. The number of hydrogen-bond donors (Lipinski definition) is 1. The summed E-state index contributed by atoms with van der Waals surface area (Å²) in [5, 5.41) is 4.06. The van der Waals surface area contributed by atoms with Crippen molar-refractivity contribution in [2.45, 2.75) is 32.4 Å². The Kier molecular flexibility index (Phi) is 2.68. The molecular weight excluding hydrogens is 236 g/mol. The van der Waals surface area contributed by atoms with E-state index in [0.29, 0.717) is 18.0 Å². The second kappa shape index (κ2) is 4.19. The molecule has 6 heteroatoms. The van der Waals surface area contributed by atoms with Crippen LogP contribution in [0.25, 0.3) is 10.2 Å². The van der Waals surface area contributed by atoms with Crippen LogP contribution in [0.1, 0.15) is 18.5 Å². The van der Waals surface area contributed by atoms with Crippen LogP contribution in [0, 0.1) is 6.92 Å². The molecule has 0 amide bonds. The van der Waals surface area contributed by atoms with E-state index in [-0.39, 0.29) is 5.56 Å². The highest BCUT2D eigenvalue weighted by Crippen LogP contribution is 2.15. The van der Waals surface area contributed by atoms with Gasteiger partial charge in [0, 0.05) is 12.6 Å². The molecule has 3 rings (SSSR count). The topological polar surface area (TPSA) is 59.8 Å². The van der Waals surface area contributed by atoms with Crippen LogP contribution in [0.5, 0.6) is 0 Å². The predicted octanol–water partition coefficient (Wildman–Crippen LogP) is 0.913. The highest BCUT2D eigenvalue weighted by Gasteiger charge is 2.17. The summed E-state index contributed by atoms with van der Waals surface area (Å²) in [5.74, 6) is 0. The average molecular weight is 250 g/mol. The zero-order valence-corrected chi connectivity index (χ0v) is 10.5. The third kappa shape index (κ3) is 1.87. The van der Waals surface area contributed by atoms with E-state index in [0.717, 1.165) is 23.5 Å². The molecule has 0 bridgehead atoms. The molecule has 2 aromatic rings. The summed E-state index contributed by atoms with van der Waals surface area (Å²) in [7, 11) is 0. The lowest BCUT2D eigenvalue weighted by Gasteiger charge is -2.11. The molecule has 90 valence electrons. The maximum Gasteiger partial charge on any atom is 0.264 e. The lowest BCUT2D eigenvalue weighted by atomic mass is 10.2. The van der Waals surface area contributed by atoms with Crippen molar-refractivity contribution in [3.63, 3.8) is 0 Å². The van der Waals surface area contributed by atoms with Crippen molar-refractivity contribution in [1.82, 2.24) is 19.2 Å². The Morgan fingerprint density at radius 1 is 1.65 bits per heavy atom. The van der Waals surface area contributed by atoms with Crippen molar-refractivity contribution in [2.24, 2.45) is 0 Å². The summed E-state index contributed by atoms with van der Waals surface area (Å²) < 4.78 is 5.88. The zero-order chi connectivity index (χ0) is 11.8. The standard InChI is InChI=1S/C11H14N4OS/c1-7-9-10(17-14-7)13-6-15(11(9)16)5-8-3-2-4-12-8/h6,8,12H,2-5H2,1H3. The Morgan fingerprint density at radius 2 is 2.53 bits per heavy atom. The lowest BCUT2D eigenvalue weighted by Crippen LogP contribution is -2.32. The van der Waals surface area contributed by atoms with Crippen LogP contribution in [-0.2, 0) is 6.54 Å². The van der Waals surface area contributed by atoms with E-state index < -0.39 is 0 Å². The molecule has 2 aromatic heterocycles. The van der Waals surface area contributed by atoms with Gasteiger partial charge in [0.1, 0.15) is 0 Å². The fraction of sp³-hybridized carbons (Fsp3) is 0.545. The Balaban J connectivity index is 2.01. The highest BCUT2D eigenvalue weighted by molar-refractivity contribution is 7.12. The number of aryl methyl sites for hydroxylation is 1. The van der Waals surface area contributed by atoms with Gasteiger partial charge in [-0.25, -0.2) is 4.98 Å². The second-order valence-electron chi connectivity index (χ2n) is 4.44.